The zero-order valence-corrected chi connectivity index (χ0v) is 38.9. The molecule has 3 aromatic rings. The normalized spacial score (nSPS) is 30.9. The van der Waals surface area contributed by atoms with Crippen molar-refractivity contribution in [2.45, 2.75) is 141 Å². The van der Waals surface area contributed by atoms with E-state index >= 15 is 9.59 Å². The number of aliphatic hydroxyl groups excluding tert-OH is 2. The minimum Gasteiger partial charge on any atom is -0.458 e. The van der Waals surface area contributed by atoms with Crippen LogP contribution in [0.4, 0.5) is 0 Å². The van der Waals surface area contributed by atoms with Crippen LogP contribution in [-0.4, -0.2) is 92.7 Å². The maximum atomic E-state index is 15.7. The number of Topliss-reactive ketones (excluding diaryl/α,β-unsaturated/α-hetero) is 1. The highest BCUT2D eigenvalue weighted by Gasteiger charge is 2.77. The Morgan fingerprint density at radius 3 is 1.99 bits per heavy atom. The van der Waals surface area contributed by atoms with E-state index in [0.717, 1.165) is 6.92 Å². The third-order valence-electron chi connectivity index (χ3n) is 14.9. The Labute approximate surface area is 390 Å². The van der Waals surface area contributed by atoms with Gasteiger partial charge in [-0.05, 0) is 73.9 Å². The second kappa shape index (κ2) is 19.1. The summed E-state index contributed by atoms with van der Waals surface area (Å²) in [4.78, 5) is 84.9. The van der Waals surface area contributed by atoms with Gasteiger partial charge in [0.05, 0.1) is 29.0 Å². The van der Waals surface area contributed by atoms with Crippen molar-refractivity contribution >= 4 is 35.6 Å². The van der Waals surface area contributed by atoms with Crippen LogP contribution in [-0.2, 0) is 47.7 Å². The molecular formula is C52H61NO14. The zero-order valence-electron chi connectivity index (χ0n) is 38.9. The standard InChI is InChI=1S/C52H61NO14/c1-8-18-38(57)65-42(40(32-19-12-9-13-20-32)53-46(59)33-21-14-10-15-22-33)48(61)64-36-28-52(62)45(66-47(60)34-23-16-11-17-24-34)43-50(7,37(56)27-35-25-26-51(35,43)67-31(4)55)44(58)41(63-30(3)54)39(29(36)2)49(52,5)6/h9-17,19-24,35-37,40-43,45-46,53,56,59,62H,8,18,25-28H2,1-7H3/t35-,36+,37+,40+,41-,42-,43?,45+,46?,50-,51+,52-/m1/s1. The van der Waals surface area contributed by atoms with Crippen LogP contribution in [0.2, 0.25) is 0 Å². The summed E-state index contributed by atoms with van der Waals surface area (Å²) in [6, 6.07) is 23.9. The van der Waals surface area contributed by atoms with Crippen LogP contribution in [0.5, 0.6) is 0 Å². The lowest BCUT2D eigenvalue weighted by Gasteiger charge is -2.68. The predicted molar refractivity (Wildman–Crippen MR) is 240 cm³/mol. The molecule has 4 aliphatic carbocycles. The van der Waals surface area contributed by atoms with Gasteiger partial charge in [0.2, 0.25) is 6.10 Å². The van der Waals surface area contributed by atoms with E-state index in [2.05, 4.69) is 5.32 Å². The number of carbonyl (C=O) groups is 6. The van der Waals surface area contributed by atoms with Crippen molar-refractivity contribution in [2.75, 3.05) is 0 Å². The summed E-state index contributed by atoms with van der Waals surface area (Å²) in [5.41, 5.74) is -6.34. The number of ether oxygens (including phenoxy) is 5. The summed E-state index contributed by atoms with van der Waals surface area (Å²) in [7, 11) is 0. The molecular weight excluding hydrogens is 863 g/mol. The summed E-state index contributed by atoms with van der Waals surface area (Å²) in [6.07, 6.45) is -9.16. The van der Waals surface area contributed by atoms with Crippen molar-refractivity contribution in [3.63, 3.8) is 0 Å². The van der Waals surface area contributed by atoms with Crippen LogP contribution in [0.1, 0.15) is 121 Å². The van der Waals surface area contributed by atoms with Gasteiger partial charge in [0.25, 0.3) is 0 Å². The number of carbonyl (C=O) groups excluding carboxylic acids is 6. The number of fused-ring (bicyclic) bond motifs is 5. The number of nitrogens with one attached hydrogen (secondary N) is 1. The van der Waals surface area contributed by atoms with E-state index in [1.807, 2.05) is 0 Å². The van der Waals surface area contributed by atoms with Crippen molar-refractivity contribution in [3.8, 4) is 0 Å². The lowest BCUT2D eigenvalue weighted by Crippen LogP contribution is -2.78. The lowest BCUT2D eigenvalue weighted by atomic mass is 9.41. The molecule has 0 spiro atoms. The molecule has 12 atom stereocenters. The van der Waals surface area contributed by atoms with E-state index in [1.165, 1.54) is 26.0 Å². The third-order valence-corrected chi connectivity index (χ3v) is 14.9. The van der Waals surface area contributed by atoms with Crippen LogP contribution < -0.4 is 5.32 Å². The molecule has 0 heterocycles. The number of esters is 5. The van der Waals surface area contributed by atoms with Crippen molar-refractivity contribution in [3.05, 3.63) is 119 Å². The van der Waals surface area contributed by atoms with Gasteiger partial charge >= 0.3 is 29.8 Å². The maximum absolute atomic E-state index is 15.7. The van der Waals surface area contributed by atoms with E-state index in [9.17, 15) is 34.5 Å². The molecule has 4 N–H and O–H groups in total. The first-order valence-electron chi connectivity index (χ1n) is 22.9. The Morgan fingerprint density at radius 2 is 1.43 bits per heavy atom. The molecule has 15 nitrogen and oxygen atoms in total. The molecule has 0 aliphatic heterocycles. The van der Waals surface area contributed by atoms with Crippen molar-refractivity contribution in [2.24, 2.45) is 22.7 Å². The van der Waals surface area contributed by atoms with Gasteiger partial charge in [-0.2, -0.15) is 0 Å². The minimum absolute atomic E-state index is 0.00593. The topological polar surface area (TPSA) is 221 Å². The molecule has 3 aromatic carbocycles. The van der Waals surface area contributed by atoms with Gasteiger partial charge in [0.1, 0.15) is 29.6 Å². The number of aliphatic hydroxyl groups is 3. The van der Waals surface area contributed by atoms with Crippen LogP contribution in [0.25, 0.3) is 0 Å². The highest BCUT2D eigenvalue weighted by atomic mass is 16.6. The molecule has 3 saturated carbocycles. The highest BCUT2D eigenvalue weighted by Crippen LogP contribution is 2.67. The molecule has 0 aromatic heterocycles. The fourth-order valence-corrected chi connectivity index (χ4v) is 11.3. The molecule has 3 fully saturated rings. The summed E-state index contributed by atoms with van der Waals surface area (Å²) < 4.78 is 31.1. The van der Waals surface area contributed by atoms with Gasteiger partial charge in [-0.1, -0.05) is 99.6 Å². The minimum atomic E-state index is -2.36. The van der Waals surface area contributed by atoms with E-state index < -0.39 is 119 Å². The summed E-state index contributed by atoms with van der Waals surface area (Å²) in [5.74, 6) is -7.09. The number of ketones is 1. The summed E-state index contributed by atoms with van der Waals surface area (Å²) >= 11 is 0. The average Bonchev–Trinajstić information content (AvgIpc) is 3.29. The van der Waals surface area contributed by atoms with Gasteiger partial charge < -0.3 is 39.0 Å². The van der Waals surface area contributed by atoms with Gasteiger partial charge in [-0.15, -0.1) is 0 Å². The molecule has 15 heteroatoms. The van der Waals surface area contributed by atoms with Gasteiger partial charge in [0.15, 0.2) is 11.9 Å². The first-order chi connectivity index (χ1) is 31.7. The third kappa shape index (κ3) is 8.82. The van der Waals surface area contributed by atoms with Crippen molar-refractivity contribution < 1.29 is 67.8 Å². The molecule has 0 saturated heterocycles. The van der Waals surface area contributed by atoms with Crippen LogP contribution >= 0.6 is 0 Å². The van der Waals surface area contributed by atoms with E-state index in [-0.39, 0.29) is 36.0 Å². The number of hydrogen-bond acceptors (Lipinski definition) is 15. The summed E-state index contributed by atoms with van der Waals surface area (Å²) in [5, 5.41) is 40.7. The first-order valence-corrected chi connectivity index (χ1v) is 22.9. The molecule has 67 heavy (non-hydrogen) atoms. The van der Waals surface area contributed by atoms with Crippen molar-refractivity contribution in [1.82, 2.24) is 5.32 Å². The molecule has 0 radical (unpaired) electrons. The largest absolute Gasteiger partial charge is 0.458 e. The first kappa shape index (κ1) is 49.2. The fourth-order valence-electron chi connectivity index (χ4n) is 11.3. The summed E-state index contributed by atoms with van der Waals surface area (Å²) in [6.45, 7) is 10.3. The van der Waals surface area contributed by atoms with E-state index in [4.69, 9.17) is 23.7 Å². The number of hydrogen-bond donors (Lipinski definition) is 4. The number of benzene rings is 3. The second-order valence-electron chi connectivity index (χ2n) is 19.1. The molecule has 2 bridgehead atoms. The lowest BCUT2D eigenvalue weighted by molar-refractivity contribution is -0.296. The monoisotopic (exact) mass is 923 g/mol. The van der Waals surface area contributed by atoms with Gasteiger partial charge in [0, 0.05) is 38.0 Å². The molecule has 358 valence electrons. The Morgan fingerprint density at radius 1 is 0.836 bits per heavy atom. The SMILES string of the molecule is CCCC(=O)O[C@@H](C(=O)O[C@H]1C[C@@]2(O)[C@@H](OC(=O)c3ccccc3)C3[C@](C)(C(=O)[C@H](OC(C)=O)C(=C1C)C2(C)C)[C@@H](O)C[C@H]1CC[C@@]31OC(C)=O)[C@@H](NC(O)c1ccccc1)c1ccccc1. The van der Waals surface area contributed by atoms with E-state index in [0.29, 0.717) is 24.0 Å². The highest BCUT2D eigenvalue weighted by molar-refractivity contribution is 5.95. The Hall–Kier alpha value is -5.74. The zero-order chi connectivity index (χ0) is 48.6. The van der Waals surface area contributed by atoms with Crippen molar-refractivity contribution in [1.29, 1.82) is 0 Å². The van der Waals surface area contributed by atoms with E-state index in [1.54, 1.807) is 107 Å². The molecule has 7 rings (SSSR count). The van der Waals surface area contributed by atoms with Crippen LogP contribution in [0.15, 0.2) is 102 Å². The molecule has 2 unspecified atom stereocenters. The van der Waals surface area contributed by atoms with Gasteiger partial charge in [-0.25, -0.2) is 9.59 Å². The van der Waals surface area contributed by atoms with Crippen LogP contribution in [0, 0.1) is 22.7 Å². The Kier molecular flexibility index (Phi) is 14.0. The number of rotatable bonds is 14. The Balaban J connectivity index is 1.42. The predicted octanol–water partition coefficient (Wildman–Crippen LogP) is 5.95. The second-order valence-corrected chi connectivity index (χ2v) is 19.1. The molecule has 0 amide bonds. The average molecular weight is 924 g/mol. The van der Waals surface area contributed by atoms with Crippen LogP contribution in [0.3, 0.4) is 0 Å². The molecule has 4 aliphatic rings. The van der Waals surface area contributed by atoms with Gasteiger partial charge in [-0.3, -0.25) is 24.5 Å². The quantitative estimate of drug-likeness (QED) is 0.0635. The maximum Gasteiger partial charge on any atom is 0.350 e. The fraction of sp³-hybridized carbons (Fsp3) is 0.500. The Bertz CT molecular complexity index is 2390. The smallest absolute Gasteiger partial charge is 0.350 e.